The van der Waals surface area contributed by atoms with Crippen LogP contribution in [-0.4, -0.2) is 63.8 Å². The number of carbonyl (C=O) groups excluding carboxylic acids is 2. The molecule has 1 N–H and O–H groups in total. The molecule has 4 fully saturated rings. The standard InChI is InChI=1S/C43H67N3O6/c1-26(2)35-28(47)24-43(31-23-33(48)46(45(31)12)22-21-44(10)11)20-19-41(8)27(36(35)43)13-14-30-40(7)17-16-32(52-34(49)25-38(3,4)37(50)51)39(5,6)29(40)15-18-42(30,41)9/h23,26-27,29-30,32H,13-22,24-25H2,1-12H3,(H,50,51)/t27-,29+,30-,32+,40+,41-,42-,43+/m1/s1. The highest BCUT2D eigenvalue weighted by Crippen LogP contribution is 2.76. The van der Waals surface area contributed by atoms with E-state index in [1.165, 1.54) is 5.57 Å². The highest BCUT2D eigenvalue weighted by molar-refractivity contribution is 6.01. The van der Waals surface area contributed by atoms with Crippen LogP contribution in [0.15, 0.2) is 22.0 Å². The summed E-state index contributed by atoms with van der Waals surface area (Å²) in [6, 6.07) is 1.85. The maximum Gasteiger partial charge on any atom is 0.309 e. The molecule has 1 aromatic heterocycles. The molecule has 8 atom stereocenters. The molecule has 1 aromatic rings. The number of hydrogen-bond donors (Lipinski definition) is 1. The topological polar surface area (TPSA) is 111 Å². The zero-order valence-electron chi connectivity index (χ0n) is 34.3. The summed E-state index contributed by atoms with van der Waals surface area (Å²) in [5.74, 6) is 0.122. The first kappa shape index (κ1) is 39.0. The molecular formula is C43H67N3O6. The van der Waals surface area contributed by atoms with Crippen LogP contribution >= 0.6 is 0 Å². The molecule has 5 aliphatic carbocycles. The molecule has 9 heteroatoms. The van der Waals surface area contributed by atoms with Crippen LogP contribution in [0.4, 0.5) is 0 Å². The van der Waals surface area contributed by atoms with E-state index >= 15 is 0 Å². The third-order valence-corrected chi connectivity index (χ3v) is 16.3. The number of aliphatic carboxylic acids is 1. The van der Waals surface area contributed by atoms with E-state index in [2.05, 4.69) is 58.0 Å². The summed E-state index contributed by atoms with van der Waals surface area (Å²) in [6.45, 7) is 21.1. The molecule has 0 unspecified atom stereocenters. The molecule has 0 aromatic carbocycles. The number of carboxylic acids is 1. The van der Waals surface area contributed by atoms with Gasteiger partial charge in [0.1, 0.15) is 6.10 Å². The van der Waals surface area contributed by atoms with Crippen LogP contribution < -0.4 is 5.56 Å². The number of allylic oxidation sites excluding steroid dienone is 2. The molecule has 4 saturated carbocycles. The molecule has 0 radical (unpaired) electrons. The number of fused-ring (bicyclic) bond motifs is 7. The van der Waals surface area contributed by atoms with Gasteiger partial charge in [-0.3, -0.25) is 23.9 Å². The fourth-order valence-corrected chi connectivity index (χ4v) is 13.3. The molecule has 0 aliphatic heterocycles. The Morgan fingerprint density at radius 1 is 0.962 bits per heavy atom. The SMILES string of the molecule is CC(C)C1=C2[C@H]3CC[C@@H]4[C@@]5(C)CC[C@H](OC(=O)CC(C)(C)C(=O)O)C(C)(C)[C@@H]5CC[C@@]4(C)[C@]3(C)CC[C@@]2(c2cc(=O)n(CCN(C)C)n2C)CC1=O. The average molecular weight is 722 g/mol. The summed E-state index contributed by atoms with van der Waals surface area (Å²) in [5, 5.41) is 9.62. The number of ether oxygens (including phenoxy) is 1. The maximum atomic E-state index is 14.2. The Hall–Kier alpha value is -2.68. The Morgan fingerprint density at radius 2 is 1.63 bits per heavy atom. The third-order valence-electron chi connectivity index (χ3n) is 16.3. The Morgan fingerprint density at radius 3 is 2.25 bits per heavy atom. The number of carboxylic acid groups (broad SMARTS) is 1. The Bertz CT molecular complexity index is 1730. The Labute approximate surface area is 311 Å². The minimum atomic E-state index is -1.16. The first-order valence-corrected chi connectivity index (χ1v) is 20.1. The lowest BCUT2D eigenvalue weighted by atomic mass is 9.33. The maximum absolute atomic E-state index is 14.2. The van der Waals surface area contributed by atoms with Crippen molar-refractivity contribution in [1.29, 1.82) is 0 Å². The van der Waals surface area contributed by atoms with Gasteiger partial charge in [0.05, 0.1) is 24.1 Å². The molecule has 0 amide bonds. The molecule has 9 nitrogen and oxygen atoms in total. The fraction of sp³-hybridized carbons (Fsp3) is 0.814. The van der Waals surface area contributed by atoms with Gasteiger partial charge in [0.15, 0.2) is 5.78 Å². The van der Waals surface area contributed by atoms with Gasteiger partial charge in [0, 0.05) is 36.9 Å². The predicted octanol–water partition coefficient (Wildman–Crippen LogP) is 7.39. The summed E-state index contributed by atoms with van der Waals surface area (Å²) >= 11 is 0. The van der Waals surface area contributed by atoms with Crippen LogP contribution in [0, 0.1) is 50.7 Å². The highest BCUT2D eigenvalue weighted by atomic mass is 16.5. The van der Waals surface area contributed by atoms with E-state index in [1.54, 1.807) is 13.8 Å². The Balaban J connectivity index is 1.34. The highest BCUT2D eigenvalue weighted by Gasteiger charge is 2.70. The van der Waals surface area contributed by atoms with Gasteiger partial charge in [-0.25, -0.2) is 4.68 Å². The number of ketones is 1. The summed E-state index contributed by atoms with van der Waals surface area (Å²) in [4.78, 5) is 54.7. The van der Waals surface area contributed by atoms with Crippen molar-refractivity contribution >= 4 is 17.7 Å². The molecule has 0 spiro atoms. The zero-order chi connectivity index (χ0) is 38.6. The fourth-order valence-electron chi connectivity index (χ4n) is 13.3. The lowest BCUT2D eigenvalue weighted by molar-refractivity contribution is -0.232. The molecule has 1 heterocycles. The number of esters is 1. The van der Waals surface area contributed by atoms with Gasteiger partial charge in [-0.1, -0.05) is 48.5 Å². The molecule has 0 bridgehead atoms. The number of Topliss-reactive ketones (excluding diaryl/α,β-unsaturated/α-hetero) is 1. The van der Waals surface area contributed by atoms with E-state index in [4.69, 9.17) is 4.74 Å². The van der Waals surface area contributed by atoms with E-state index in [9.17, 15) is 24.3 Å². The van der Waals surface area contributed by atoms with E-state index in [0.29, 0.717) is 24.8 Å². The van der Waals surface area contributed by atoms with Crippen LogP contribution in [0.3, 0.4) is 0 Å². The number of aromatic nitrogens is 2. The number of carbonyl (C=O) groups is 3. The van der Waals surface area contributed by atoms with Crippen molar-refractivity contribution in [3.8, 4) is 0 Å². The summed E-state index contributed by atoms with van der Waals surface area (Å²) in [7, 11) is 6.07. The smallest absolute Gasteiger partial charge is 0.309 e. The summed E-state index contributed by atoms with van der Waals surface area (Å²) < 4.78 is 10.1. The van der Waals surface area contributed by atoms with Crippen molar-refractivity contribution in [3.05, 3.63) is 33.3 Å². The third kappa shape index (κ3) is 5.54. The van der Waals surface area contributed by atoms with Gasteiger partial charge in [-0.15, -0.1) is 0 Å². The van der Waals surface area contributed by atoms with Crippen LogP contribution in [0.5, 0.6) is 0 Å². The van der Waals surface area contributed by atoms with Crippen LogP contribution in [-0.2, 0) is 38.1 Å². The van der Waals surface area contributed by atoms with Crippen molar-refractivity contribution in [2.75, 3.05) is 20.6 Å². The molecule has 290 valence electrons. The average Bonchev–Trinajstić information content (AvgIpc) is 3.49. The normalized spacial score (nSPS) is 37.1. The molecule has 0 saturated heterocycles. The van der Waals surface area contributed by atoms with E-state index in [-0.39, 0.29) is 57.4 Å². The number of nitrogens with zero attached hydrogens (tertiary/aromatic N) is 3. The van der Waals surface area contributed by atoms with Crippen molar-refractivity contribution in [1.82, 2.24) is 14.3 Å². The predicted molar refractivity (Wildman–Crippen MR) is 203 cm³/mol. The second kappa shape index (κ2) is 12.7. The number of hydrogen-bond acceptors (Lipinski definition) is 6. The zero-order valence-corrected chi connectivity index (χ0v) is 34.3. The largest absolute Gasteiger partial charge is 0.481 e. The minimum Gasteiger partial charge on any atom is -0.481 e. The summed E-state index contributed by atoms with van der Waals surface area (Å²) in [6.07, 6.45) is 8.02. The molecule has 52 heavy (non-hydrogen) atoms. The lowest BCUT2D eigenvalue weighted by Gasteiger charge is -2.72. The molecule has 5 aliphatic rings. The van der Waals surface area contributed by atoms with Gasteiger partial charge in [-0.2, -0.15) is 0 Å². The first-order valence-electron chi connectivity index (χ1n) is 20.1. The van der Waals surface area contributed by atoms with E-state index < -0.39 is 22.8 Å². The van der Waals surface area contributed by atoms with Gasteiger partial charge >= 0.3 is 11.9 Å². The van der Waals surface area contributed by atoms with Crippen LogP contribution in [0.1, 0.15) is 132 Å². The number of likely N-dealkylation sites (N-methyl/N-ethyl adjacent to an activating group) is 1. The quantitative estimate of drug-likeness (QED) is 0.265. The second-order valence-electron chi connectivity index (χ2n) is 20.3. The van der Waals surface area contributed by atoms with Crippen LogP contribution in [0.2, 0.25) is 0 Å². The lowest BCUT2D eigenvalue weighted by Crippen LogP contribution is -2.66. The molecular weight excluding hydrogens is 654 g/mol. The van der Waals surface area contributed by atoms with Gasteiger partial charge in [0.25, 0.3) is 5.56 Å². The van der Waals surface area contributed by atoms with Crippen molar-refractivity contribution < 1.29 is 24.2 Å². The Kier molecular flexibility index (Phi) is 9.53. The summed E-state index contributed by atoms with van der Waals surface area (Å²) in [5.41, 5.74) is 1.69. The van der Waals surface area contributed by atoms with Gasteiger partial charge in [-0.05, 0) is 130 Å². The second-order valence-corrected chi connectivity index (χ2v) is 20.3. The van der Waals surface area contributed by atoms with Gasteiger partial charge < -0.3 is 14.7 Å². The van der Waals surface area contributed by atoms with E-state index in [0.717, 1.165) is 69.2 Å². The van der Waals surface area contributed by atoms with Crippen LogP contribution in [0.25, 0.3) is 0 Å². The van der Waals surface area contributed by atoms with Crippen molar-refractivity contribution in [2.24, 2.45) is 57.8 Å². The first-order chi connectivity index (χ1) is 24.0. The van der Waals surface area contributed by atoms with Crippen molar-refractivity contribution in [2.45, 2.75) is 145 Å². The number of rotatable bonds is 9. The van der Waals surface area contributed by atoms with Gasteiger partial charge in [0.2, 0.25) is 0 Å². The monoisotopic (exact) mass is 722 g/mol. The van der Waals surface area contributed by atoms with E-state index in [1.807, 2.05) is 31.9 Å². The van der Waals surface area contributed by atoms with Crippen molar-refractivity contribution in [3.63, 3.8) is 0 Å². The minimum absolute atomic E-state index is 0.00425. The molecule has 6 rings (SSSR count).